The number of rotatable bonds is 4. The minimum Gasteiger partial charge on any atom is -0.477 e. The fraction of sp³-hybridized carbons (Fsp3) is 0.333. The molecule has 0 aliphatic carbocycles. The highest BCUT2D eigenvalue weighted by atomic mass is 127. The first kappa shape index (κ1) is 21.6. The number of halogens is 8. The monoisotopic (exact) mass is 792 g/mol. The van der Waals surface area contributed by atoms with Crippen LogP contribution in [-0.4, -0.2) is 31.0 Å². The second-order valence-corrected chi connectivity index (χ2v) is 9.61. The molecule has 1 aromatic carbocycles. The van der Waals surface area contributed by atoms with Crippen LogP contribution in [0, 0.1) is 20.1 Å². The Kier molecular flexibility index (Phi) is 7.71. The van der Waals surface area contributed by atoms with Crippen LogP contribution in [0.25, 0.3) is 0 Å². The summed E-state index contributed by atoms with van der Waals surface area (Å²) in [6, 6.07) is 0. The van der Waals surface area contributed by atoms with E-state index in [4.69, 9.17) is 9.29 Å². The van der Waals surface area contributed by atoms with E-state index in [2.05, 4.69) is 0 Å². The Morgan fingerprint density at radius 1 is 1.05 bits per heavy atom. The average molecular weight is 792 g/mol. The van der Waals surface area contributed by atoms with E-state index in [-0.39, 0.29) is 20.0 Å². The zero-order chi connectivity index (χ0) is 17.5. The van der Waals surface area contributed by atoms with Crippen molar-refractivity contribution in [3.05, 3.63) is 20.1 Å². The van der Waals surface area contributed by atoms with E-state index in [1.165, 1.54) is 0 Å². The zero-order valence-electron chi connectivity index (χ0n) is 9.89. The molecule has 1 rings (SSSR count). The van der Waals surface area contributed by atoms with Crippen LogP contribution in [0.5, 0.6) is 5.75 Å². The third-order valence-electron chi connectivity index (χ3n) is 2.16. The van der Waals surface area contributed by atoms with E-state index < -0.39 is 34.0 Å². The lowest BCUT2D eigenvalue weighted by molar-refractivity contribution is -0.188. The van der Waals surface area contributed by atoms with Gasteiger partial charge >= 0.3 is 6.18 Å². The Hall–Kier alpha value is 1.57. The van der Waals surface area contributed by atoms with Crippen molar-refractivity contribution >= 4 is 100 Å². The second kappa shape index (κ2) is 7.85. The Bertz CT molecular complexity index is 663. The van der Waals surface area contributed by atoms with Gasteiger partial charge in [0.1, 0.15) is 11.5 Å². The molecule has 22 heavy (non-hydrogen) atoms. The van der Waals surface area contributed by atoms with Gasteiger partial charge in [0.15, 0.2) is 5.82 Å². The standard InChI is InChI=1S/C9H4F4I4O4S/c10-3-4(14)6(16)8(7(17)5(3)15)21-2(9(11,12)13)1-22(18,19)20/h2H,1H2,(H,18,19,20). The zero-order valence-corrected chi connectivity index (χ0v) is 19.3. The molecule has 0 aliphatic heterocycles. The molecule has 0 bridgehead atoms. The van der Waals surface area contributed by atoms with Gasteiger partial charge in [-0.25, -0.2) is 4.39 Å². The van der Waals surface area contributed by atoms with Crippen LogP contribution in [0.15, 0.2) is 0 Å². The van der Waals surface area contributed by atoms with Gasteiger partial charge in [-0.2, -0.15) is 21.6 Å². The van der Waals surface area contributed by atoms with Crippen LogP contribution in [0.4, 0.5) is 17.6 Å². The molecule has 0 saturated carbocycles. The van der Waals surface area contributed by atoms with E-state index in [1.54, 1.807) is 90.4 Å². The SMILES string of the molecule is O=S(=O)(O)CC(Oc1c(I)c(I)c(F)c(I)c1I)C(F)(F)F. The molecule has 1 aromatic rings. The Balaban J connectivity index is 3.37. The quantitative estimate of drug-likeness (QED) is 0.161. The van der Waals surface area contributed by atoms with Gasteiger partial charge in [-0.15, -0.1) is 0 Å². The average Bonchev–Trinajstić information content (AvgIpc) is 2.35. The van der Waals surface area contributed by atoms with Crippen LogP contribution in [0.2, 0.25) is 0 Å². The minimum atomic E-state index is -5.02. The minimum absolute atomic E-state index is 0.0609. The molecular formula is C9H4F4I4O4S. The van der Waals surface area contributed by atoms with Crippen LogP contribution in [0.3, 0.4) is 0 Å². The highest BCUT2D eigenvalue weighted by Crippen LogP contribution is 2.39. The summed E-state index contributed by atoms with van der Waals surface area (Å²) in [4.78, 5) is 0. The topological polar surface area (TPSA) is 63.6 Å². The van der Waals surface area contributed by atoms with Crippen molar-refractivity contribution in [2.75, 3.05) is 5.75 Å². The van der Waals surface area contributed by atoms with Crippen molar-refractivity contribution in [1.29, 1.82) is 0 Å². The molecule has 13 heteroatoms. The fourth-order valence-corrected chi connectivity index (χ4v) is 5.19. The second-order valence-electron chi connectivity index (χ2n) is 3.80. The van der Waals surface area contributed by atoms with Crippen LogP contribution in [-0.2, 0) is 10.1 Å². The molecule has 0 spiro atoms. The van der Waals surface area contributed by atoms with E-state index >= 15 is 0 Å². The maximum atomic E-state index is 13.8. The molecule has 0 heterocycles. The third-order valence-corrected chi connectivity index (χ3v) is 9.03. The lowest BCUT2D eigenvalue weighted by atomic mass is 10.3. The summed E-state index contributed by atoms with van der Waals surface area (Å²) < 4.78 is 87.7. The van der Waals surface area contributed by atoms with Gasteiger partial charge in [-0.05, 0) is 90.4 Å². The summed E-state index contributed by atoms with van der Waals surface area (Å²) in [5.41, 5.74) is 0. The maximum absolute atomic E-state index is 13.8. The molecule has 0 saturated heterocycles. The van der Waals surface area contributed by atoms with Gasteiger partial charge in [0.05, 0.1) is 14.3 Å². The van der Waals surface area contributed by atoms with Crippen molar-refractivity contribution in [2.24, 2.45) is 0 Å². The maximum Gasteiger partial charge on any atom is 0.426 e. The first-order chi connectivity index (χ1) is 9.75. The summed E-state index contributed by atoms with van der Waals surface area (Å²) in [6.07, 6.45) is -7.78. The van der Waals surface area contributed by atoms with Gasteiger partial charge in [-0.3, -0.25) is 4.55 Å². The highest BCUT2D eigenvalue weighted by Gasteiger charge is 2.45. The van der Waals surface area contributed by atoms with E-state index in [0.717, 1.165) is 0 Å². The number of alkyl halides is 3. The van der Waals surface area contributed by atoms with Crippen molar-refractivity contribution in [3.63, 3.8) is 0 Å². The molecule has 1 atom stereocenters. The summed E-state index contributed by atoms with van der Waals surface area (Å²) in [6.45, 7) is 0. The molecule has 0 fully saturated rings. The summed E-state index contributed by atoms with van der Waals surface area (Å²) >= 11 is 6.45. The van der Waals surface area contributed by atoms with Gasteiger partial charge in [0, 0.05) is 0 Å². The molecule has 0 aromatic heterocycles. The van der Waals surface area contributed by atoms with Gasteiger partial charge in [0.25, 0.3) is 10.1 Å². The Morgan fingerprint density at radius 2 is 1.45 bits per heavy atom. The predicted octanol–water partition coefficient (Wildman–Crippen LogP) is 4.44. The Morgan fingerprint density at radius 3 is 1.77 bits per heavy atom. The van der Waals surface area contributed by atoms with Gasteiger partial charge in [0.2, 0.25) is 6.10 Å². The van der Waals surface area contributed by atoms with Crippen LogP contribution < -0.4 is 4.74 Å². The van der Waals surface area contributed by atoms with E-state index in [9.17, 15) is 26.0 Å². The summed E-state index contributed by atoms with van der Waals surface area (Å²) in [7, 11) is -4.91. The lowest BCUT2D eigenvalue weighted by Crippen LogP contribution is -2.40. The normalized spacial score (nSPS) is 14.0. The van der Waals surface area contributed by atoms with Crippen molar-refractivity contribution in [2.45, 2.75) is 12.3 Å². The third kappa shape index (κ3) is 5.55. The molecule has 1 N–H and O–H groups in total. The number of hydrogen-bond acceptors (Lipinski definition) is 3. The van der Waals surface area contributed by atoms with Crippen molar-refractivity contribution < 1.29 is 35.3 Å². The fourth-order valence-electron chi connectivity index (χ4n) is 1.22. The van der Waals surface area contributed by atoms with E-state index in [0.29, 0.717) is 0 Å². The molecule has 0 radical (unpaired) electrons. The van der Waals surface area contributed by atoms with Crippen molar-refractivity contribution in [1.82, 2.24) is 0 Å². The number of benzene rings is 1. The van der Waals surface area contributed by atoms with E-state index in [1.807, 2.05) is 0 Å². The Labute approximate surface area is 177 Å². The molecular weight excluding hydrogens is 788 g/mol. The predicted molar refractivity (Wildman–Crippen MR) is 104 cm³/mol. The summed E-state index contributed by atoms with van der Waals surface area (Å²) in [5.74, 6) is -2.52. The van der Waals surface area contributed by atoms with Gasteiger partial charge < -0.3 is 4.74 Å². The van der Waals surface area contributed by atoms with Gasteiger partial charge in [-0.1, -0.05) is 0 Å². The largest absolute Gasteiger partial charge is 0.477 e. The molecule has 0 amide bonds. The molecule has 4 nitrogen and oxygen atoms in total. The van der Waals surface area contributed by atoms with Crippen LogP contribution >= 0.6 is 90.4 Å². The number of hydrogen-bond donors (Lipinski definition) is 1. The molecule has 1 unspecified atom stereocenters. The lowest BCUT2D eigenvalue weighted by Gasteiger charge is -2.23. The first-order valence-corrected chi connectivity index (χ1v) is 10.9. The first-order valence-electron chi connectivity index (χ1n) is 4.95. The molecule has 0 aliphatic rings. The summed E-state index contributed by atoms with van der Waals surface area (Å²) in [5, 5.41) is 0. The molecule has 126 valence electrons. The van der Waals surface area contributed by atoms with Crippen LogP contribution in [0.1, 0.15) is 0 Å². The number of ether oxygens (including phenoxy) is 1. The van der Waals surface area contributed by atoms with Crippen molar-refractivity contribution in [3.8, 4) is 5.75 Å². The highest BCUT2D eigenvalue weighted by molar-refractivity contribution is 14.1. The smallest absolute Gasteiger partial charge is 0.426 e.